The van der Waals surface area contributed by atoms with Crippen LogP contribution in [0.1, 0.15) is 24.5 Å². The van der Waals surface area contributed by atoms with Gasteiger partial charge in [-0.05, 0) is 23.6 Å². The van der Waals surface area contributed by atoms with Gasteiger partial charge in [0.25, 0.3) is 17.0 Å². The zero-order valence-electron chi connectivity index (χ0n) is 22.3. The minimum absolute atomic E-state index is 0.165. The van der Waals surface area contributed by atoms with Crippen molar-refractivity contribution in [1.82, 2.24) is 24.7 Å². The number of hydrogen-bond donors (Lipinski definition) is 2. The molecule has 0 amide bonds. The highest BCUT2D eigenvalue weighted by atomic mass is 19.4. The molecule has 0 saturated carbocycles. The summed E-state index contributed by atoms with van der Waals surface area (Å²) in [4.78, 5) is 32.2. The van der Waals surface area contributed by atoms with Crippen LogP contribution in [0, 0.1) is 5.82 Å². The summed E-state index contributed by atoms with van der Waals surface area (Å²) in [7, 11) is 0. The Morgan fingerprint density at radius 3 is 2.34 bits per heavy atom. The van der Waals surface area contributed by atoms with Crippen molar-refractivity contribution in [3.63, 3.8) is 0 Å². The average Bonchev–Trinajstić information content (AvgIpc) is 2.92. The number of benzene rings is 1. The number of nitrogens with one attached hydrogen (secondary N) is 2. The van der Waals surface area contributed by atoms with Crippen LogP contribution >= 0.6 is 0 Å². The Morgan fingerprint density at radius 2 is 1.73 bits per heavy atom. The van der Waals surface area contributed by atoms with Gasteiger partial charge in [-0.25, -0.2) is 32.6 Å². The van der Waals surface area contributed by atoms with E-state index in [1.807, 2.05) is 0 Å². The van der Waals surface area contributed by atoms with Crippen LogP contribution in [0.3, 0.4) is 0 Å². The van der Waals surface area contributed by atoms with Gasteiger partial charge >= 0.3 is 12.8 Å². The Labute approximate surface area is 240 Å². The van der Waals surface area contributed by atoms with Crippen LogP contribution in [0.25, 0.3) is 22.2 Å². The molecule has 0 aliphatic heterocycles. The van der Waals surface area contributed by atoms with E-state index in [0.29, 0.717) is 13.1 Å². The van der Waals surface area contributed by atoms with E-state index in [2.05, 4.69) is 25.1 Å². The monoisotopic (exact) mass is 636 g/mol. The number of rotatable bonds is 11. The van der Waals surface area contributed by atoms with E-state index >= 15 is 4.39 Å². The smallest absolute Gasteiger partial charge is 0.378 e. The molecule has 3 heterocycles. The molecule has 4 rings (SSSR count). The van der Waals surface area contributed by atoms with Crippen LogP contribution in [-0.4, -0.2) is 50.2 Å². The molecule has 0 aliphatic carbocycles. The summed E-state index contributed by atoms with van der Waals surface area (Å²) in [6.45, 7) is -4.42. The fourth-order valence-electron chi connectivity index (χ4n) is 4.28. The minimum atomic E-state index is -5.17. The van der Waals surface area contributed by atoms with Crippen molar-refractivity contribution in [1.29, 1.82) is 0 Å². The third-order valence-electron chi connectivity index (χ3n) is 6.32. The molecular weight excluding hydrogens is 615 g/mol. The number of pyridine rings is 1. The highest BCUT2D eigenvalue weighted by Gasteiger charge is 2.38. The van der Waals surface area contributed by atoms with Gasteiger partial charge in [0.1, 0.15) is 17.6 Å². The van der Waals surface area contributed by atoms with E-state index in [4.69, 9.17) is 0 Å². The number of aromatic amines is 1. The van der Waals surface area contributed by atoms with Gasteiger partial charge < -0.3 is 14.6 Å². The molecule has 0 fully saturated rings. The summed E-state index contributed by atoms with van der Waals surface area (Å²) in [5.74, 6) is -4.45. The topological polar surface area (TPSA) is 115 Å². The molecule has 4 aromatic rings. The highest BCUT2D eigenvalue weighted by molar-refractivity contribution is 5.86. The highest BCUT2D eigenvalue weighted by Crippen LogP contribution is 2.32. The first-order chi connectivity index (χ1) is 20.5. The van der Waals surface area contributed by atoms with Crippen molar-refractivity contribution in [3.05, 3.63) is 80.6 Å². The second-order valence-corrected chi connectivity index (χ2v) is 9.63. The molecule has 0 unspecified atom stereocenters. The molecule has 44 heavy (non-hydrogen) atoms. The average molecular weight is 636 g/mol. The zero-order chi connectivity index (χ0) is 32.4. The predicted molar refractivity (Wildman–Crippen MR) is 137 cm³/mol. The Kier molecular flexibility index (Phi) is 9.31. The van der Waals surface area contributed by atoms with Gasteiger partial charge in [-0.2, -0.15) is 27.1 Å². The predicted octanol–water partition coefficient (Wildman–Crippen LogP) is 5.26. The van der Waals surface area contributed by atoms with Crippen molar-refractivity contribution in [2.75, 3.05) is 11.9 Å². The number of nitrogens with zero attached hydrogens (tertiary/aromatic N) is 4. The molecule has 2 atom stereocenters. The first kappa shape index (κ1) is 32.4. The summed E-state index contributed by atoms with van der Waals surface area (Å²) in [5.41, 5.74) is -5.83. The molecular formula is C26H21F9N6O3. The third kappa shape index (κ3) is 7.53. The quantitative estimate of drug-likeness (QED) is 0.216. The molecule has 9 nitrogen and oxygen atoms in total. The fraction of sp³-hybridized carbons (Fsp3) is 0.346. The molecule has 3 aromatic heterocycles. The van der Waals surface area contributed by atoms with E-state index in [0.717, 1.165) is 29.2 Å². The summed E-state index contributed by atoms with van der Waals surface area (Å²) < 4.78 is 128. The van der Waals surface area contributed by atoms with Gasteiger partial charge in [-0.15, -0.1) is 0 Å². The molecule has 0 bridgehead atoms. The zero-order valence-corrected chi connectivity index (χ0v) is 22.3. The van der Waals surface area contributed by atoms with Gasteiger partial charge in [0.2, 0.25) is 0 Å². The standard InChI is InChI=1S/C26H21F9N6O3/c1-25(31,32)13-7-36-21(37-8-13)17-4-12-2-3-41(23(43)16(12)6-18(17)28)10-14(27)5-15(11-44-24(29)30)39-19-9-38-40-22(42)20(19)26(33,34)35/h2-4,6-9,14-15,24H,5,10-11H2,1H3,(H2,39,40,42)/t14-,15+/m1/s1. The maximum atomic E-state index is 15.1. The van der Waals surface area contributed by atoms with E-state index < -0.39 is 84.2 Å². The molecule has 236 valence electrons. The second-order valence-electron chi connectivity index (χ2n) is 9.63. The number of hydrogen-bond acceptors (Lipinski definition) is 7. The van der Waals surface area contributed by atoms with Crippen LogP contribution < -0.4 is 16.4 Å². The molecule has 0 aliphatic rings. The summed E-state index contributed by atoms with van der Waals surface area (Å²) in [6, 6.07) is 1.78. The lowest BCUT2D eigenvalue weighted by Gasteiger charge is -2.23. The summed E-state index contributed by atoms with van der Waals surface area (Å²) in [6.07, 6.45) is -4.61. The van der Waals surface area contributed by atoms with Gasteiger partial charge in [0, 0.05) is 31.9 Å². The largest absolute Gasteiger partial charge is 0.423 e. The summed E-state index contributed by atoms with van der Waals surface area (Å²) in [5, 5.41) is 6.96. The van der Waals surface area contributed by atoms with Crippen LogP contribution in [0.4, 0.5) is 45.2 Å². The third-order valence-corrected chi connectivity index (χ3v) is 6.32. The number of anilines is 1. The van der Waals surface area contributed by atoms with Crippen LogP contribution in [-0.2, 0) is 23.4 Å². The van der Waals surface area contributed by atoms with Crippen molar-refractivity contribution in [2.24, 2.45) is 0 Å². The molecule has 2 N–H and O–H groups in total. The molecule has 0 spiro atoms. The van der Waals surface area contributed by atoms with E-state index in [1.54, 1.807) is 5.10 Å². The number of aromatic nitrogens is 5. The van der Waals surface area contributed by atoms with Gasteiger partial charge in [0.05, 0.1) is 47.6 Å². The Balaban J connectivity index is 1.57. The number of ether oxygens (including phenoxy) is 1. The number of fused-ring (bicyclic) bond motifs is 1. The van der Waals surface area contributed by atoms with Crippen molar-refractivity contribution in [3.8, 4) is 11.4 Å². The Morgan fingerprint density at radius 1 is 1.05 bits per heavy atom. The fourth-order valence-corrected chi connectivity index (χ4v) is 4.28. The molecule has 0 saturated heterocycles. The van der Waals surface area contributed by atoms with Crippen LogP contribution in [0.5, 0.6) is 0 Å². The van der Waals surface area contributed by atoms with E-state index in [1.165, 1.54) is 12.1 Å². The van der Waals surface area contributed by atoms with Gasteiger partial charge in [-0.1, -0.05) is 0 Å². The SMILES string of the molecule is CC(F)(F)c1cnc(-c2cc3ccn(C[C@H](F)C[C@@H](COC(F)F)Nc4cn[nH]c(=O)c4C(F)(F)F)c(=O)c3cc2F)nc1. The summed E-state index contributed by atoms with van der Waals surface area (Å²) >= 11 is 0. The maximum absolute atomic E-state index is 15.1. The van der Waals surface area contributed by atoms with Crippen LogP contribution in [0.15, 0.2) is 52.6 Å². The first-order valence-electron chi connectivity index (χ1n) is 12.5. The Hall–Kier alpha value is -4.48. The van der Waals surface area contributed by atoms with Gasteiger partial charge in [-0.3, -0.25) is 9.59 Å². The number of H-pyrrole nitrogens is 1. The molecule has 1 aromatic carbocycles. The normalized spacial score (nSPS) is 13.8. The van der Waals surface area contributed by atoms with Crippen molar-refractivity contribution >= 4 is 16.5 Å². The number of halogens is 9. The maximum Gasteiger partial charge on any atom is 0.423 e. The minimum Gasteiger partial charge on any atom is -0.378 e. The van der Waals surface area contributed by atoms with Gasteiger partial charge in [0.15, 0.2) is 5.82 Å². The van der Waals surface area contributed by atoms with Crippen molar-refractivity contribution < 1.29 is 44.3 Å². The number of alkyl halides is 8. The van der Waals surface area contributed by atoms with Crippen molar-refractivity contribution in [2.45, 2.75) is 50.8 Å². The first-order valence-corrected chi connectivity index (χ1v) is 12.5. The van der Waals surface area contributed by atoms with E-state index in [-0.39, 0.29) is 22.2 Å². The molecule has 0 radical (unpaired) electrons. The lowest BCUT2D eigenvalue weighted by molar-refractivity contribution is -0.138. The lowest BCUT2D eigenvalue weighted by Crippen LogP contribution is -2.35. The Bertz CT molecular complexity index is 1740. The lowest BCUT2D eigenvalue weighted by atomic mass is 10.1. The van der Waals surface area contributed by atoms with E-state index in [9.17, 15) is 44.7 Å². The second kappa shape index (κ2) is 12.6. The molecule has 18 heteroatoms. The van der Waals surface area contributed by atoms with Crippen LogP contribution in [0.2, 0.25) is 0 Å².